The van der Waals surface area contributed by atoms with Gasteiger partial charge in [0.25, 0.3) is 0 Å². The van der Waals surface area contributed by atoms with Crippen molar-refractivity contribution in [2.24, 2.45) is 0 Å². The Morgan fingerprint density at radius 1 is 1.47 bits per heavy atom. The summed E-state index contributed by atoms with van der Waals surface area (Å²) in [7, 11) is 0. The molecule has 1 aromatic rings. The topological polar surface area (TPSA) is 28.2 Å². The van der Waals surface area contributed by atoms with Crippen molar-refractivity contribution in [1.29, 1.82) is 0 Å². The monoisotopic (exact) mass is 229 g/mol. The molecule has 1 aliphatic rings. The molecule has 0 aliphatic carbocycles. The Kier molecular flexibility index (Phi) is 4.00. The molecule has 0 atom stereocenters. The van der Waals surface area contributed by atoms with Crippen LogP contribution in [0.25, 0.3) is 0 Å². The van der Waals surface area contributed by atoms with Crippen LogP contribution in [0.15, 0.2) is 18.5 Å². The zero-order chi connectivity index (χ0) is 12.1. The molecule has 1 N–H and O–H groups in total. The lowest BCUT2D eigenvalue weighted by Gasteiger charge is -2.31. The average molecular weight is 229 g/mol. The standard InChI is InChI=1S/C14H19N3/c1-3-6-17-7-4-13(5-8-17)16-14-9-12(2)10-15-11-14/h1,9-11,13,16H,4-8H2,2H3. The number of nitrogens with zero attached hydrogens (tertiary/aromatic N) is 2. The van der Waals surface area contributed by atoms with Crippen molar-refractivity contribution in [3.8, 4) is 12.3 Å². The second kappa shape index (κ2) is 5.70. The molecule has 90 valence electrons. The fourth-order valence-corrected chi connectivity index (χ4v) is 2.23. The molecular formula is C14H19N3. The Bertz CT molecular complexity index is 400. The molecule has 1 aromatic heterocycles. The number of rotatable bonds is 3. The van der Waals surface area contributed by atoms with E-state index >= 15 is 0 Å². The van der Waals surface area contributed by atoms with E-state index in [0.29, 0.717) is 6.04 Å². The van der Waals surface area contributed by atoms with E-state index in [1.54, 1.807) is 0 Å². The fraction of sp³-hybridized carbons (Fsp3) is 0.500. The molecule has 1 saturated heterocycles. The van der Waals surface area contributed by atoms with Gasteiger partial charge in [0.2, 0.25) is 0 Å². The number of aromatic nitrogens is 1. The predicted octanol–water partition coefficient (Wildman–Crippen LogP) is 1.90. The summed E-state index contributed by atoms with van der Waals surface area (Å²) in [6.07, 6.45) is 11.4. The van der Waals surface area contributed by atoms with Crippen molar-refractivity contribution in [3.63, 3.8) is 0 Å². The van der Waals surface area contributed by atoms with E-state index in [1.165, 1.54) is 5.56 Å². The van der Waals surface area contributed by atoms with Gasteiger partial charge in [-0.3, -0.25) is 9.88 Å². The highest BCUT2D eigenvalue weighted by Gasteiger charge is 2.18. The minimum Gasteiger partial charge on any atom is -0.381 e. The van der Waals surface area contributed by atoms with E-state index in [9.17, 15) is 0 Å². The van der Waals surface area contributed by atoms with Crippen LogP contribution in [-0.4, -0.2) is 35.6 Å². The first kappa shape index (κ1) is 11.9. The van der Waals surface area contributed by atoms with Gasteiger partial charge in [-0.2, -0.15) is 0 Å². The lowest BCUT2D eigenvalue weighted by Crippen LogP contribution is -2.39. The molecule has 17 heavy (non-hydrogen) atoms. The zero-order valence-electron chi connectivity index (χ0n) is 10.3. The van der Waals surface area contributed by atoms with Gasteiger partial charge >= 0.3 is 0 Å². The molecule has 0 saturated carbocycles. The second-order valence-electron chi connectivity index (χ2n) is 4.65. The SMILES string of the molecule is C#CCN1CCC(Nc2cncc(C)c2)CC1. The number of hydrogen-bond acceptors (Lipinski definition) is 3. The molecule has 2 heterocycles. The Labute approximate surface area is 103 Å². The zero-order valence-corrected chi connectivity index (χ0v) is 10.3. The van der Waals surface area contributed by atoms with E-state index in [4.69, 9.17) is 6.42 Å². The summed E-state index contributed by atoms with van der Waals surface area (Å²) < 4.78 is 0. The first-order valence-electron chi connectivity index (χ1n) is 6.12. The number of likely N-dealkylation sites (tertiary alicyclic amines) is 1. The van der Waals surface area contributed by atoms with Crippen LogP contribution in [0.4, 0.5) is 5.69 Å². The van der Waals surface area contributed by atoms with Crippen LogP contribution < -0.4 is 5.32 Å². The van der Waals surface area contributed by atoms with Crippen LogP contribution in [-0.2, 0) is 0 Å². The van der Waals surface area contributed by atoms with Gasteiger partial charge in [-0.15, -0.1) is 6.42 Å². The summed E-state index contributed by atoms with van der Waals surface area (Å²) in [5.74, 6) is 2.70. The van der Waals surface area contributed by atoms with E-state index < -0.39 is 0 Å². The van der Waals surface area contributed by atoms with Crippen molar-refractivity contribution in [3.05, 3.63) is 24.0 Å². The Balaban J connectivity index is 1.84. The van der Waals surface area contributed by atoms with E-state index in [1.807, 2.05) is 12.4 Å². The summed E-state index contributed by atoms with van der Waals surface area (Å²) in [6.45, 7) is 5.01. The largest absolute Gasteiger partial charge is 0.381 e. The highest BCUT2D eigenvalue weighted by Crippen LogP contribution is 2.16. The van der Waals surface area contributed by atoms with Gasteiger partial charge in [0.1, 0.15) is 0 Å². The molecule has 0 radical (unpaired) electrons. The summed E-state index contributed by atoms with van der Waals surface area (Å²) in [5, 5.41) is 3.54. The lowest BCUT2D eigenvalue weighted by molar-refractivity contribution is 0.243. The third-order valence-corrected chi connectivity index (χ3v) is 3.15. The summed E-state index contributed by atoms with van der Waals surface area (Å²) in [5.41, 5.74) is 2.32. The smallest absolute Gasteiger partial charge is 0.0598 e. The minimum atomic E-state index is 0.549. The molecule has 1 aliphatic heterocycles. The highest BCUT2D eigenvalue weighted by atomic mass is 15.1. The molecule has 3 heteroatoms. The summed E-state index contributed by atoms with van der Waals surface area (Å²) >= 11 is 0. The van der Waals surface area contributed by atoms with Gasteiger partial charge in [-0.1, -0.05) is 5.92 Å². The summed E-state index contributed by atoms with van der Waals surface area (Å²) in [6, 6.07) is 2.69. The van der Waals surface area contributed by atoms with Crippen LogP contribution in [0, 0.1) is 19.3 Å². The number of hydrogen-bond donors (Lipinski definition) is 1. The number of aryl methyl sites for hydroxylation is 1. The van der Waals surface area contributed by atoms with Crippen LogP contribution >= 0.6 is 0 Å². The number of nitrogens with one attached hydrogen (secondary N) is 1. The Hall–Kier alpha value is -1.53. The van der Waals surface area contributed by atoms with E-state index in [0.717, 1.165) is 38.2 Å². The van der Waals surface area contributed by atoms with Crippen molar-refractivity contribution in [2.45, 2.75) is 25.8 Å². The number of pyridine rings is 1. The van der Waals surface area contributed by atoms with Crippen molar-refractivity contribution in [1.82, 2.24) is 9.88 Å². The van der Waals surface area contributed by atoms with Crippen LogP contribution in [0.1, 0.15) is 18.4 Å². The molecule has 0 unspecified atom stereocenters. The number of piperidine rings is 1. The maximum atomic E-state index is 5.32. The number of terminal acetylenes is 1. The molecule has 0 spiro atoms. The third kappa shape index (κ3) is 3.47. The van der Waals surface area contributed by atoms with Gasteiger partial charge < -0.3 is 5.32 Å². The van der Waals surface area contributed by atoms with Gasteiger partial charge in [-0.05, 0) is 31.4 Å². The minimum absolute atomic E-state index is 0.549. The van der Waals surface area contributed by atoms with E-state index in [2.05, 4.69) is 34.1 Å². The van der Waals surface area contributed by atoms with Gasteiger partial charge in [0, 0.05) is 31.5 Å². The highest BCUT2D eigenvalue weighted by molar-refractivity contribution is 5.43. The molecular weight excluding hydrogens is 210 g/mol. The number of anilines is 1. The van der Waals surface area contributed by atoms with Gasteiger partial charge in [0.15, 0.2) is 0 Å². The first-order valence-corrected chi connectivity index (χ1v) is 6.12. The third-order valence-electron chi connectivity index (χ3n) is 3.15. The van der Waals surface area contributed by atoms with E-state index in [-0.39, 0.29) is 0 Å². The van der Waals surface area contributed by atoms with Crippen molar-refractivity contribution < 1.29 is 0 Å². The van der Waals surface area contributed by atoms with Gasteiger partial charge in [-0.25, -0.2) is 0 Å². The van der Waals surface area contributed by atoms with Crippen LogP contribution in [0.5, 0.6) is 0 Å². The normalized spacial score (nSPS) is 17.6. The lowest BCUT2D eigenvalue weighted by atomic mass is 10.0. The molecule has 2 rings (SSSR count). The van der Waals surface area contributed by atoms with Crippen molar-refractivity contribution in [2.75, 3.05) is 25.0 Å². The Morgan fingerprint density at radius 2 is 2.24 bits per heavy atom. The molecule has 0 amide bonds. The Morgan fingerprint density at radius 3 is 2.88 bits per heavy atom. The molecule has 0 bridgehead atoms. The van der Waals surface area contributed by atoms with Crippen LogP contribution in [0.2, 0.25) is 0 Å². The van der Waals surface area contributed by atoms with Gasteiger partial charge in [0.05, 0.1) is 12.2 Å². The molecule has 1 fully saturated rings. The predicted molar refractivity (Wildman–Crippen MR) is 70.9 cm³/mol. The molecule has 0 aromatic carbocycles. The quantitative estimate of drug-likeness (QED) is 0.802. The maximum Gasteiger partial charge on any atom is 0.0598 e. The second-order valence-corrected chi connectivity index (χ2v) is 4.65. The summed E-state index contributed by atoms with van der Waals surface area (Å²) in [4.78, 5) is 6.52. The van der Waals surface area contributed by atoms with Crippen molar-refractivity contribution >= 4 is 5.69 Å². The fourth-order valence-electron chi connectivity index (χ4n) is 2.23. The first-order chi connectivity index (χ1) is 8.28. The van der Waals surface area contributed by atoms with Crippen LogP contribution in [0.3, 0.4) is 0 Å². The average Bonchev–Trinajstić information content (AvgIpc) is 2.32. The maximum absolute atomic E-state index is 5.32. The molecule has 3 nitrogen and oxygen atoms in total.